The molecule has 1 saturated carbocycles. The van der Waals surface area contributed by atoms with Crippen LogP contribution in [0.2, 0.25) is 0 Å². The van der Waals surface area contributed by atoms with E-state index in [9.17, 15) is 15.0 Å². The Kier molecular flexibility index (Phi) is 6.05. The molecule has 3 N–H and O–H groups in total. The summed E-state index contributed by atoms with van der Waals surface area (Å²) >= 11 is 0. The fourth-order valence-corrected chi connectivity index (χ4v) is 3.60. The van der Waals surface area contributed by atoms with Gasteiger partial charge in [0.1, 0.15) is 5.75 Å². The van der Waals surface area contributed by atoms with E-state index in [0.717, 1.165) is 25.7 Å². The van der Waals surface area contributed by atoms with Gasteiger partial charge in [0.2, 0.25) is 0 Å². The molecular formula is C19H29NO3. The van der Waals surface area contributed by atoms with Crippen LogP contribution < -0.4 is 5.32 Å². The van der Waals surface area contributed by atoms with Crippen molar-refractivity contribution in [2.45, 2.75) is 64.3 Å². The van der Waals surface area contributed by atoms with Crippen LogP contribution in [-0.4, -0.2) is 28.8 Å². The van der Waals surface area contributed by atoms with Gasteiger partial charge in [0.25, 0.3) is 0 Å². The van der Waals surface area contributed by atoms with Gasteiger partial charge < -0.3 is 15.5 Å². The molecule has 4 heteroatoms. The van der Waals surface area contributed by atoms with Crippen molar-refractivity contribution < 1.29 is 15.0 Å². The molecule has 2 rings (SSSR count). The summed E-state index contributed by atoms with van der Waals surface area (Å²) in [5, 5.41) is 22.4. The zero-order chi connectivity index (χ0) is 16.9. The fraction of sp³-hybridized carbons (Fsp3) is 0.632. The molecular weight excluding hydrogens is 290 g/mol. The summed E-state index contributed by atoms with van der Waals surface area (Å²) < 4.78 is 0. The Morgan fingerprint density at radius 3 is 2.17 bits per heavy atom. The first-order valence-electron chi connectivity index (χ1n) is 8.76. The zero-order valence-corrected chi connectivity index (χ0v) is 14.2. The number of phenols is 1. The zero-order valence-electron chi connectivity index (χ0n) is 14.2. The highest BCUT2D eigenvalue weighted by Gasteiger charge is 2.35. The number of rotatable bonds is 7. The third-order valence-corrected chi connectivity index (χ3v) is 5.63. The summed E-state index contributed by atoms with van der Waals surface area (Å²) in [7, 11) is 0. The number of carbonyl (C=O) groups is 1. The lowest BCUT2D eigenvalue weighted by molar-refractivity contribution is -0.149. The maximum Gasteiger partial charge on any atom is 0.310 e. The number of carboxylic acids is 1. The highest BCUT2D eigenvalue weighted by Crippen LogP contribution is 2.34. The SMILES string of the molecule is CCC(CC)(CNC1CCC(c2ccc(O)cc2)CC1)C(=O)O. The first-order valence-corrected chi connectivity index (χ1v) is 8.76. The average Bonchev–Trinajstić information content (AvgIpc) is 2.57. The molecule has 0 atom stereocenters. The largest absolute Gasteiger partial charge is 0.508 e. The van der Waals surface area contributed by atoms with Crippen LogP contribution in [0.25, 0.3) is 0 Å². The van der Waals surface area contributed by atoms with E-state index in [1.165, 1.54) is 5.56 Å². The van der Waals surface area contributed by atoms with Crippen molar-refractivity contribution in [3.8, 4) is 5.75 Å². The summed E-state index contributed by atoms with van der Waals surface area (Å²) in [4.78, 5) is 11.6. The molecule has 0 saturated heterocycles. The first kappa shape index (κ1) is 17.8. The third-order valence-electron chi connectivity index (χ3n) is 5.63. The van der Waals surface area contributed by atoms with Crippen LogP contribution in [-0.2, 0) is 4.79 Å². The molecule has 0 aliphatic heterocycles. The van der Waals surface area contributed by atoms with Gasteiger partial charge in [0.15, 0.2) is 0 Å². The maximum absolute atomic E-state index is 11.6. The monoisotopic (exact) mass is 319 g/mol. The van der Waals surface area contributed by atoms with Gasteiger partial charge in [-0.2, -0.15) is 0 Å². The number of benzene rings is 1. The maximum atomic E-state index is 11.6. The molecule has 0 unspecified atom stereocenters. The summed E-state index contributed by atoms with van der Waals surface area (Å²) in [6, 6.07) is 7.95. The fourth-order valence-electron chi connectivity index (χ4n) is 3.60. The van der Waals surface area contributed by atoms with Crippen molar-refractivity contribution >= 4 is 5.97 Å². The summed E-state index contributed by atoms with van der Waals surface area (Å²) in [6.45, 7) is 4.48. The number of hydrogen-bond donors (Lipinski definition) is 3. The molecule has 1 aliphatic carbocycles. The number of hydrogen-bond acceptors (Lipinski definition) is 3. The van der Waals surface area contributed by atoms with Crippen LogP contribution in [0.15, 0.2) is 24.3 Å². The normalized spacial score (nSPS) is 22.0. The van der Waals surface area contributed by atoms with Crippen LogP contribution in [0.5, 0.6) is 5.75 Å². The van der Waals surface area contributed by atoms with Crippen molar-refractivity contribution in [3.05, 3.63) is 29.8 Å². The van der Waals surface area contributed by atoms with Gasteiger partial charge in [0, 0.05) is 12.6 Å². The van der Waals surface area contributed by atoms with E-state index in [4.69, 9.17) is 0 Å². The predicted molar refractivity (Wildman–Crippen MR) is 91.8 cm³/mol. The van der Waals surface area contributed by atoms with Crippen molar-refractivity contribution in [3.63, 3.8) is 0 Å². The molecule has 0 amide bonds. The van der Waals surface area contributed by atoms with Gasteiger partial charge in [-0.05, 0) is 62.1 Å². The number of aliphatic carboxylic acids is 1. The van der Waals surface area contributed by atoms with Gasteiger partial charge in [-0.1, -0.05) is 26.0 Å². The minimum absolute atomic E-state index is 0.313. The third kappa shape index (κ3) is 4.25. The number of phenolic OH excluding ortho intramolecular Hbond substituents is 1. The Hall–Kier alpha value is -1.55. The van der Waals surface area contributed by atoms with Crippen molar-refractivity contribution in [2.24, 2.45) is 5.41 Å². The van der Waals surface area contributed by atoms with Gasteiger partial charge in [-0.25, -0.2) is 0 Å². The molecule has 23 heavy (non-hydrogen) atoms. The van der Waals surface area contributed by atoms with Gasteiger partial charge in [0.05, 0.1) is 5.41 Å². The summed E-state index contributed by atoms with van der Waals surface area (Å²) in [5.41, 5.74) is 0.664. The molecule has 128 valence electrons. The standard InChI is InChI=1S/C19H29NO3/c1-3-19(4-2,18(22)23)13-20-16-9-5-14(6-10-16)15-7-11-17(21)12-8-15/h7-8,11-12,14,16,20-21H,3-6,9-10,13H2,1-2H3,(H,22,23). The Bertz CT molecular complexity index is 500. The summed E-state index contributed by atoms with van der Waals surface area (Å²) in [5.74, 6) is 0.177. The minimum Gasteiger partial charge on any atom is -0.508 e. The van der Waals surface area contributed by atoms with E-state index in [0.29, 0.717) is 37.1 Å². The lowest BCUT2D eigenvalue weighted by Crippen LogP contribution is -2.44. The molecule has 1 aliphatic rings. The second-order valence-corrected chi connectivity index (χ2v) is 6.81. The van der Waals surface area contributed by atoms with E-state index in [2.05, 4.69) is 5.32 Å². The van der Waals surface area contributed by atoms with Crippen molar-refractivity contribution in [1.82, 2.24) is 5.32 Å². The van der Waals surface area contributed by atoms with Gasteiger partial charge in [-0.15, -0.1) is 0 Å². The smallest absolute Gasteiger partial charge is 0.310 e. The molecule has 0 heterocycles. The van der Waals surface area contributed by atoms with Crippen LogP contribution in [0, 0.1) is 5.41 Å². The lowest BCUT2D eigenvalue weighted by atomic mass is 9.79. The predicted octanol–water partition coefficient (Wildman–Crippen LogP) is 3.90. The van der Waals surface area contributed by atoms with Crippen molar-refractivity contribution in [1.29, 1.82) is 0 Å². The molecule has 0 radical (unpaired) electrons. The van der Waals surface area contributed by atoms with Crippen LogP contribution in [0.4, 0.5) is 0 Å². The first-order chi connectivity index (χ1) is 11.0. The van der Waals surface area contributed by atoms with E-state index < -0.39 is 11.4 Å². The second kappa shape index (κ2) is 7.82. The Morgan fingerprint density at radius 1 is 1.13 bits per heavy atom. The van der Waals surface area contributed by atoms with Crippen LogP contribution in [0.1, 0.15) is 63.9 Å². The Labute approximate surface area is 138 Å². The van der Waals surface area contributed by atoms with E-state index in [1.807, 2.05) is 26.0 Å². The van der Waals surface area contributed by atoms with Gasteiger partial charge >= 0.3 is 5.97 Å². The number of nitrogens with one attached hydrogen (secondary N) is 1. The van der Waals surface area contributed by atoms with E-state index >= 15 is 0 Å². The molecule has 1 fully saturated rings. The quantitative estimate of drug-likeness (QED) is 0.713. The lowest BCUT2D eigenvalue weighted by Gasteiger charge is -2.33. The number of aromatic hydroxyl groups is 1. The molecule has 0 spiro atoms. The molecule has 1 aromatic carbocycles. The molecule has 0 aromatic heterocycles. The van der Waals surface area contributed by atoms with E-state index in [1.54, 1.807) is 12.1 Å². The highest BCUT2D eigenvalue weighted by atomic mass is 16.4. The Morgan fingerprint density at radius 2 is 1.70 bits per heavy atom. The Balaban J connectivity index is 1.85. The molecule has 1 aromatic rings. The summed E-state index contributed by atoms with van der Waals surface area (Å²) in [6.07, 6.45) is 5.70. The number of carboxylic acid groups (broad SMARTS) is 1. The highest BCUT2D eigenvalue weighted by molar-refractivity contribution is 5.74. The van der Waals surface area contributed by atoms with Gasteiger partial charge in [-0.3, -0.25) is 4.79 Å². The van der Waals surface area contributed by atoms with Crippen LogP contribution >= 0.6 is 0 Å². The van der Waals surface area contributed by atoms with Crippen molar-refractivity contribution in [2.75, 3.05) is 6.54 Å². The molecule has 4 nitrogen and oxygen atoms in total. The average molecular weight is 319 g/mol. The minimum atomic E-state index is -0.687. The topological polar surface area (TPSA) is 69.6 Å². The van der Waals surface area contributed by atoms with Crippen LogP contribution in [0.3, 0.4) is 0 Å². The van der Waals surface area contributed by atoms with E-state index in [-0.39, 0.29) is 0 Å². The second-order valence-electron chi connectivity index (χ2n) is 6.81. The molecule has 0 bridgehead atoms.